The van der Waals surface area contributed by atoms with Crippen LogP contribution in [0.15, 0.2) is 85.0 Å². The van der Waals surface area contributed by atoms with E-state index in [1.807, 2.05) is 13.0 Å². The highest BCUT2D eigenvalue weighted by Gasteiger charge is 2.48. The molecule has 1 aliphatic rings. The summed E-state index contributed by atoms with van der Waals surface area (Å²) in [6.07, 6.45) is 2.46. The molecule has 3 aromatic carbocycles. The molecule has 40 heavy (non-hydrogen) atoms. The molecular weight excluding hydrogens is 528 g/mol. The van der Waals surface area contributed by atoms with Crippen LogP contribution in [0.5, 0.6) is 17.2 Å². The zero-order valence-corrected chi connectivity index (χ0v) is 22.9. The van der Waals surface area contributed by atoms with Crippen molar-refractivity contribution in [3.63, 3.8) is 0 Å². The minimum atomic E-state index is -0.920. The van der Waals surface area contributed by atoms with Gasteiger partial charge in [0.05, 0.1) is 35.5 Å². The van der Waals surface area contributed by atoms with Crippen LogP contribution in [0, 0.1) is 0 Å². The first-order valence-corrected chi connectivity index (χ1v) is 13.6. The van der Waals surface area contributed by atoms with Gasteiger partial charge in [-0.05, 0) is 54.4 Å². The van der Waals surface area contributed by atoms with Crippen molar-refractivity contribution in [2.45, 2.75) is 19.4 Å². The number of Topliss-reactive ketones (excluding diaryl/α,β-unsaturated/α-hetero) is 1. The van der Waals surface area contributed by atoms with Gasteiger partial charge in [-0.3, -0.25) is 14.5 Å². The second-order valence-corrected chi connectivity index (χ2v) is 10.1. The number of aliphatic hydroxyl groups excluding tert-OH is 1. The number of amides is 1. The molecule has 1 fully saturated rings. The monoisotopic (exact) mass is 556 g/mol. The zero-order valence-electron chi connectivity index (χ0n) is 22.1. The van der Waals surface area contributed by atoms with Crippen molar-refractivity contribution in [1.29, 1.82) is 0 Å². The Hall–Kier alpha value is -4.63. The van der Waals surface area contributed by atoms with E-state index < -0.39 is 17.7 Å². The molecule has 1 atom stereocenters. The Balaban J connectivity index is 1.65. The second-order valence-electron chi connectivity index (χ2n) is 9.04. The molecule has 1 aromatic heterocycles. The SMILES string of the molecule is C=CCOc1ccc(C2/C(=C(\O)c3cccc(OCCC)c3)C(=O)C(=O)N2c2nc3ccc(OC)cc3s2)cc1. The number of hydrogen-bond acceptors (Lipinski definition) is 8. The van der Waals surface area contributed by atoms with E-state index in [4.69, 9.17) is 14.2 Å². The van der Waals surface area contributed by atoms with Gasteiger partial charge >= 0.3 is 5.91 Å². The minimum absolute atomic E-state index is 0.0331. The summed E-state index contributed by atoms with van der Waals surface area (Å²) in [5, 5.41) is 11.8. The number of carbonyl (C=O) groups excluding carboxylic acids is 2. The number of benzene rings is 3. The summed E-state index contributed by atoms with van der Waals surface area (Å²) in [4.78, 5) is 33.1. The Labute approximate surface area is 235 Å². The van der Waals surface area contributed by atoms with Gasteiger partial charge in [-0.2, -0.15) is 0 Å². The van der Waals surface area contributed by atoms with E-state index >= 15 is 0 Å². The summed E-state index contributed by atoms with van der Waals surface area (Å²) in [5.74, 6) is -0.0488. The van der Waals surface area contributed by atoms with E-state index in [2.05, 4.69) is 11.6 Å². The lowest BCUT2D eigenvalue weighted by molar-refractivity contribution is -0.132. The van der Waals surface area contributed by atoms with Crippen molar-refractivity contribution in [3.05, 3.63) is 96.1 Å². The fourth-order valence-electron chi connectivity index (χ4n) is 4.48. The number of nitrogens with zero attached hydrogens (tertiary/aromatic N) is 2. The highest BCUT2D eigenvalue weighted by Crippen LogP contribution is 2.45. The van der Waals surface area contributed by atoms with Crippen LogP contribution in [-0.2, 0) is 9.59 Å². The van der Waals surface area contributed by atoms with Gasteiger partial charge < -0.3 is 19.3 Å². The van der Waals surface area contributed by atoms with Gasteiger partial charge in [-0.25, -0.2) is 4.98 Å². The van der Waals surface area contributed by atoms with Crippen LogP contribution in [0.3, 0.4) is 0 Å². The molecule has 1 amide bonds. The number of thiazole rings is 1. The van der Waals surface area contributed by atoms with Gasteiger partial charge in [0.25, 0.3) is 5.78 Å². The highest BCUT2D eigenvalue weighted by atomic mass is 32.1. The van der Waals surface area contributed by atoms with Gasteiger partial charge in [-0.1, -0.05) is 55.2 Å². The number of ether oxygens (including phenoxy) is 3. The number of rotatable bonds is 10. The van der Waals surface area contributed by atoms with Crippen LogP contribution in [0.1, 0.15) is 30.5 Å². The number of ketones is 1. The van der Waals surface area contributed by atoms with Gasteiger partial charge in [0.2, 0.25) is 0 Å². The lowest BCUT2D eigenvalue weighted by Crippen LogP contribution is -2.29. The largest absolute Gasteiger partial charge is 0.507 e. The third kappa shape index (κ3) is 5.15. The van der Waals surface area contributed by atoms with Crippen molar-refractivity contribution in [1.82, 2.24) is 4.98 Å². The van der Waals surface area contributed by atoms with Crippen molar-refractivity contribution in [2.24, 2.45) is 0 Å². The molecule has 0 spiro atoms. The number of aromatic nitrogens is 1. The summed E-state index contributed by atoms with van der Waals surface area (Å²) in [6.45, 7) is 6.51. The lowest BCUT2D eigenvalue weighted by atomic mass is 9.95. The molecular formula is C31H28N2O6S. The second kappa shape index (κ2) is 11.6. The quantitative estimate of drug-likeness (QED) is 0.106. The molecule has 1 unspecified atom stereocenters. The van der Waals surface area contributed by atoms with E-state index in [-0.39, 0.29) is 11.3 Å². The Morgan fingerprint density at radius 2 is 1.82 bits per heavy atom. The maximum Gasteiger partial charge on any atom is 0.301 e. The lowest BCUT2D eigenvalue weighted by Gasteiger charge is -2.23. The summed E-state index contributed by atoms with van der Waals surface area (Å²) in [7, 11) is 1.58. The third-order valence-corrected chi connectivity index (χ3v) is 7.40. The van der Waals surface area contributed by atoms with Gasteiger partial charge in [0.15, 0.2) is 5.13 Å². The number of methoxy groups -OCH3 is 1. The number of fused-ring (bicyclic) bond motifs is 1. The van der Waals surface area contributed by atoms with Crippen molar-refractivity contribution >= 4 is 44.1 Å². The average Bonchev–Trinajstić information content (AvgIpc) is 3.52. The first-order chi connectivity index (χ1) is 19.4. The van der Waals surface area contributed by atoms with E-state index in [1.165, 1.54) is 16.2 Å². The topological polar surface area (TPSA) is 98.2 Å². The van der Waals surface area contributed by atoms with Gasteiger partial charge in [-0.15, -0.1) is 0 Å². The Kier molecular flexibility index (Phi) is 7.84. The van der Waals surface area contributed by atoms with Crippen LogP contribution >= 0.6 is 11.3 Å². The number of hydrogen-bond donors (Lipinski definition) is 1. The molecule has 0 aliphatic carbocycles. The number of anilines is 1. The molecule has 0 radical (unpaired) electrons. The van der Waals surface area contributed by atoms with Crippen LogP contribution in [0.25, 0.3) is 16.0 Å². The standard InChI is InChI=1S/C31H28N2O6S/c1-4-15-38-21-11-9-19(10-12-21)27-26(28(34)20-7-6-8-23(17-20)39-16-5-2)29(35)30(36)33(27)31-32-24-14-13-22(37-3)18-25(24)40-31/h4,6-14,17-18,27,34H,1,5,15-16H2,2-3H3/b28-26+. The first-order valence-electron chi connectivity index (χ1n) is 12.8. The van der Waals surface area contributed by atoms with E-state index in [0.29, 0.717) is 52.2 Å². The smallest absolute Gasteiger partial charge is 0.301 e. The van der Waals surface area contributed by atoms with Crippen molar-refractivity contribution in [2.75, 3.05) is 25.2 Å². The normalized spacial score (nSPS) is 16.4. The predicted molar refractivity (Wildman–Crippen MR) is 155 cm³/mol. The van der Waals surface area contributed by atoms with Crippen LogP contribution in [-0.4, -0.2) is 42.1 Å². The number of carbonyl (C=O) groups is 2. The predicted octanol–water partition coefficient (Wildman–Crippen LogP) is 6.28. The summed E-state index contributed by atoms with van der Waals surface area (Å²) in [6, 6.07) is 18.4. The maximum absolute atomic E-state index is 13.6. The van der Waals surface area contributed by atoms with Crippen LogP contribution < -0.4 is 19.1 Å². The average molecular weight is 557 g/mol. The summed E-state index contributed by atoms with van der Waals surface area (Å²) in [5.41, 5.74) is 1.61. The van der Waals surface area contributed by atoms with Crippen LogP contribution in [0.2, 0.25) is 0 Å². The fourth-order valence-corrected chi connectivity index (χ4v) is 5.50. The first kappa shape index (κ1) is 27.0. The van der Waals surface area contributed by atoms with Crippen molar-refractivity contribution in [3.8, 4) is 17.2 Å². The molecule has 1 N–H and O–H groups in total. The van der Waals surface area contributed by atoms with E-state index in [1.54, 1.807) is 73.8 Å². The Morgan fingerprint density at radius 3 is 2.55 bits per heavy atom. The Bertz CT molecular complexity index is 1610. The molecule has 1 saturated heterocycles. The molecule has 1 aliphatic heterocycles. The molecule has 0 saturated carbocycles. The van der Waals surface area contributed by atoms with Gasteiger partial charge in [0, 0.05) is 5.56 Å². The fraction of sp³-hybridized carbons (Fsp3) is 0.194. The molecule has 8 nitrogen and oxygen atoms in total. The molecule has 9 heteroatoms. The minimum Gasteiger partial charge on any atom is -0.507 e. The molecule has 2 heterocycles. The third-order valence-electron chi connectivity index (χ3n) is 6.38. The highest BCUT2D eigenvalue weighted by molar-refractivity contribution is 7.22. The zero-order chi connectivity index (χ0) is 28.2. The maximum atomic E-state index is 13.6. The van der Waals surface area contributed by atoms with Crippen LogP contribution in [0.4, 0.5) is 5.13 Å². The van der Waals surface area contributed by atoms with Crippen molar-refractivity contribution < 1.29 is 28.9 Å². The Morgan fingerprint density at radius 1 is 1.05 bits per heavy atom. The van der Waals surface area contributed by atoms with E-state index in [9.17, 15) is 14.7 Å². The molecule has 5 rings (SSSR count). The molecule has 4 aromatic rings. The van der Waals surface area contributed by atoms with E-state index in [0.717, 1.165) is 11.1 Å². The van der Waals surface area contributed by atoms with Gasteiger partial charge in [0.1, 0.15) is 29.6 Å². The summed E-state index contributed by atoms with van der Waals surface area (Å²) >= 11 is 1.27. The number of aliphatic hydroxyl groups is 1. The summed E-state index contributed by atoms with van der Waals surface area (Å²) < 4.78 is 17.5. The molecule has 204 valence electrons. The molecule has 0 bridgehead atoms.